The van der Waals surface area contributed by atoms with Gasteiger partial charge < -0.3 is 21.1 Å². The van der Waals surface area contributed by atoms with Crippen LogP contribution in [0.3, 0.4) is 0 Å². The van der Waals surface area contributed by atoms with Crippen LogP contribution in [0.15, 0.2) is 30.3 Å². The van der Waals surface area contributed by atoms with Gasteiger partial charge in [0.05, 0.1) is 6.54 Å². The number of primary amides is 2. The predicted molar refractivity (Wildman–Crippen MR) is 105 cm³/mol. The number of nitrogens with zero attached hydrogens (tertiary/aromatic N) is 2. The van der Waals surface area contributed by atoms with Crippen LogP contribution in [0.4, 0.5) is 14.6 Å². The molecule has 0 bridgehead atoms. The van der Waals surface area contributed by atoms with Gasteiger partial charge in [-0.05, 0) is 19.3 Å². The maximum Gasteiger partial charge on any atom is 0.360 e. The van der Waals surface area contributed by atoms with Crippen molar-refractivity contribution in [1.82, 2.24) is 9.88 Å². The summed E-state index contributed by atoms with van der Waals surface area (Å²) in [4.78, 5) is 41.4. The molecule has 4 amide bonds. The van der Waals surface area contributed by atoms with E-state index in [1.807, 2.05) is 30.3 Å². The molecular weight excluding hydrogens is 382 g/mol. The van der Waals surface area contributed by atoms with Crippen LogP contribution in [-0.2, 0) is 4.74 Å². The number of anilines is 1. The second-order valence-corrected chi connectivity index (χ2v) is 7.36. The molecule has 0 radical (unpaired) electrons. The van der Waals surface area contributed by atoms with Gasteiger partial charge in [0.1, 0.15) is 16.1 Å². The van der Waals surface area contributed by atoms with E-state index < -0.39 is 24.1 Å². The highest BCUT2D eigenvalue weighted by molar-refractivity contribution is 7.19. The Kier molecular flexibility index (Phi) is 6.09. The van der Waals surface area contributed by atoms with Gasteiger partial charge in [0.25, 0.3) is 0 Å². The molecule has 1 saturated heterocycles. The molecule has 0 aliphatic carbocycles. The van der Waals surface area contributed by atoms with Gasteiger partial charge in [0.15, 0.2) is 5.69 Å². The Morgan fingerprint density at radius 1 is 1.18 bits per heavy atom. The zero-order valence-corrected chi connectivity index (χ0v) is 15.9. The van der Waals surface area contributed by atoms with Crippen LogP contribution in [0, 0.1) is 0 Å². The Morgan fingerprint density at radius 3 is 2.61 bits per heavy atom. The van der Waals surface area contributed by atoms with Crippen molar-refractivity contribution in [2.75, 3.05) is 18.4 Å². The Balaban J connectivity index is 1.82. The fraction of sp³-hybridized carbons (Fsp3) is 0.333. The molecule has 1 aromatic carbocycles. The van der Waals surface area contributed by atoms with Crippen molar-refractivity contribution in [1.29, 1.82) is 0 Å². The molecule has 2 heterocycles. The summed E-state index contributed by atoms with van der Waals surface area (Å²) in [6, 6.07) is 7.91. The fourth-order valence-electron chi connectivity index (χ4n) is 2.97. The van der Waals surface area contributed by atoms with Crippen LogP contribution in [-0.4, -0.2) is 47.1 Å². The number of nitrogens with two attached hydrogens (primary N) is 2. The van der Waals surface area contributed by atoms with Crippen molar-refractivity contribution in [2.45, 2.75) is 25.4 Å². The first-order valence-electron chi connectivity index (χ1n) is 8.82. The summed E-state index contributed by atoms with van der Waals surface area (Å²) < 4.78 is 5.57. The van der Waals surface area contributed by atoms with Crippen LogP contribution in [0.25, 0.3) is 10.6 Å². The second-order valence-electron chi connectivity index (χ2n) is 6.36. The molecule has 0 saturated carbocycles. The van der Waals surface area contributed by atoms with Crippen molar-refractivity contribution in [3.8, 4) is 10.6 Å². The molecule has 5 N–H and O–H groups in total. The van der Waals surface area contributed by atoms with E-state index in [1.54, 1.807) is 0 Å². The fourth-order valence-corrected chi connectivity index (χ4v) is 3.93. The number of carbonyl (C=O) groups excluding carboxylic acids is 3. The van der Waals surface area contributed by atoms with Gasteiger partial charge in [-0.1, -0.05) is 41.7 Å². The number of hydrogen-bond acceptors (Lipinski definition) is 6. The summed E-state index contributed by atoms with van der Waals surface area (Å²) in [6.07, 6.45) is 1.72. The van der Waals surface area contributed by atoms with Crippen molar-refractivity contribution in [2.24, 2.45) is 11.5 Å². The lowest BCUT2D eigenvalue weighted by molar-refractivity contribution is 0.0235. The molecule has 1 atom stereocenters. The van der Waals surface area contributed by atoms with Crippen LogP contribution in [0.2, 0.25) is 0 Å². The number of rotatable bonds is 4. The van der Waals surface area contributed by atoms with Crippen LogP contribution in [0.5, 0.6) is 0 Å². The van der Waals surface area contributed by atoms with Gasteiger partial charge in [-0.15, -0.1) is 0 Å². The lowest BCUT2D eigenvalue weighted by Gasteiger charge is -2.22. The quantitative estimate of drug-likeness (QED) is 0.672. The Bertz CT molecular complexity index is 870. The summed E-state index contributed by atoms with van der Waals surface area (Å²) in [5.41, 5.74) is 11.4. The van der Waals surface area contributed by atoms with Gasteiger partial charge >= 0.3 is 18.0 Å². The summed E-state index contributed by atoms with van der Waals surface area (Å²) in [7, 11) is 0. The molecule has 28 heavy (non-hydrogen) atoms. The molecule has 1 aromatic heterocycles. The van der Waals surface area contributed by atoms with Gasteiger partial charge in [-0.2, -0.15) is 0 Å². The average Bonchev–Trinajstić information content (AvgIpc) is 2.92. The minimum absolute atomic E-state index is 0.0162. The molecule has 0 spiro atoms. The highest BCUT2D eigenvalue weighted by Gasteiger charge is 2.27. The third kappa shape index (κ3) is 4.77. The number of amides is 4. The normalized spacial score (nSPS) is 16.9. The second kappa shape index (κ2) is 8.70. The van der Waals surface area contributed by atoms with Gasteiger partial charge in [0, 0.05) is 12.1 Å². The molecule has 1 aliphatic heterocycles. The summed E-state index contributed by atoms with van der Waals surface area (Å²) >= 11 is 1.13. The predicted octanol–water partition coefficient (Wildman–Crippen LogP) is 2.39. The standard InChI is InChI=1S/C18H21N5O4S/c19-17(25)22-15-13(21-14(28-15)11-6-2-1-3-7-11)16(24)27-12-8-4-5-9-23(10-12)18(20)26/h1-3,6-7,12H,4-5,8-10H2,(H2,20,26)(H3,19,22,25). The number of urea groups is 2. The molecule has 9 nitrogen and oxygen atoms in total. The first-order chi connectivity index (χ1) is 13.4. The number of aromatic nitrogens is 1. The monoisotopic (exact) mass is 403 g/mol. The minimum atomic E-state index is -0.799. The lowest BCUT2D eigenvalue weighted by Crippen LogP contribution is -2.41. The van der Waals surface area contributed by atoms with Crippen molar-refractivity contribution in [3.05, 3.63) is 36.0 Å². The minimum Gasteiger partial charge on any atom is -0.456 e. The average molecular weight is 403 g/mol. The zero-order chi connectivity index (χ0) is 20.1. The van der Waals surface area contributed by atoms with E-state index >= 15 is 0 Å². The highest BCUT2D eigenvalue weighted by Crippen LogP contribution is 2.33. The Labute approximate surface area is 165 Å². The first-order valence-corrected chi connectivity index (χ1v) is 9.63. The molecule has 3 rings (SSSR count). The van der Waals surface area contributed by atoms with E-state index in [0.29, 0.717) is 18.0 Å². The Morgan fingerprint density at radius 2 is 1.93 bits per heavy atom. The van der Waals surface area contributed by atoms with E-state index in [1.165, 1.54) is 4.90 Å². The number of thiazole rings is 1. The molecule has 10 heteroatoms. The van der Waals surface area contributed by atoms with Crippen LogP contribution in [0.1, 0.15) is 29.8 Å². The third-order valence-electron chi connectivity index (χ3n) is 4.29. The van der Waals surface area contributed by atoms with Crippen LogP contribution < -0.4 is 16.8 Å². The molecular formula is C18H21N5O4S. The van der Waals surface area contributed by atoms with E-state index in [-0.39, 0.29) is 17.2 Å². The van der Waals surface area contributed by atoms with Crippen molar-refractivity contribution >= 4 is 34.4 Å². The number of benzene rings is 1. The number of hydrogen-bond donors (Lipinski definition) is 3. The van der Waals surface area contributed by atoms with Gasteiger partial charge in [0.2, 0.25) is 0 Å². The number of likely N-dealkylation sites (tertiary alicyclic amines) is 1. The largest absolute Gasteiger partial charge is 0.456 e. The number of ether oxygens (including phenoxy) is 1. The number of esters is 1. The topological polar surface area (TPSA) is 141 Å². The van der Waals surface area contributed by atoms with Crippen molar-refractivity contribution in [3.63, 3.8) is 0 Å². The first kappa shape index (κ1) is 19.6. The van der Waals surface area contributed by atoms with Crippen LogP contribution >= 0.6 is 11.3 Å². The zero-order valence-electron chi connectivity index (χ0n) is 15.1. The highest BCUT2D eigenvalue weighted by atomic mass is 32.1. The van der Waals surface area contributed by atoms with Gasteiger partial charge in [-0.3, -0.25) is 5.32 Å². The molecule has 1 unspecified atom stereocenters. The summed E-state index contributed by atoms with van der Waals surface area (Å²) in [5.74, 6) is -0.682. The lowest BCUT2D eigenvalue weighted by atomic mass is 10.2. The third-order valence-corrected chi connectivity index (χ3v) is 5.31. The summed E-state index contributed by atoms with van der Waals surface area (Å²) in [5, 5.41) is 3.20. The number of nitrogens with one attached hydrogen (secondary N) is 1. The number of carbonyl (C=O) groups is 3. The van der Waals surface area contributed by atoms with E-state index in [0.717, 1.165) is 29.7 Å². The maximum atomic E-state index is 12.7. The maximum absolute atomic E-state index is 12.7. The van der Waals surface area contributed by atoms with E-state index in [4.69, 9.17) is 16.2 Å². The van der Waals surface area contributed by atoms with Gasteiger partial charge in [-0.25, -0.2) is 19.4 Å². The molecule has 148 valence electrons. The summed E-state index contributed by atoms with van der Waals surface area (Å²) in [6.45, 7) is 0.766. The van der Waals surface area contributed by atoms with E-state index in [9.17, 15) is 14.4 Å². The molecule has 1 fully saturated rings. The van der Waals surface area contributed by atoms with Crippen molar-refractivity contribution < 1.29 is 19.1 Å². The Hall–Kier alpha value is -3.14. The smallest absolute Gasteiger partial charge is 0.360 e. The SMILES string of the molecule is NC(=O)Nc1sc(-c2ccccc2)nc1C(=O)OC1CCCCN(C(N)=O)C1. The van der Waals surface area contributed by atoms with E-state index in [2.05, 4.69) is 10.3 Å². The molecule has 2 aromatic rings. The molecule has 1 aliphatic rings.